The molecule has 1 fully saturated rings. The molecule has 1 aromatic carbocycles. The predicted octanol–water partition coefficient (Wildman–Crippen LogP) is 2.59. The van der Waals surface area contributed by atoms with E-state index < -0.39 is 10.0 Å². The lowest BCUT2D eigenvalue weighted by atomic mass is 9.92. The van der Waals surface area contributed by atoms with Crippen LogP contribution in [0.5, 0.6) is 0 Å². The molecule has 128 valence electrons. The third-order valence-corrected chi connectivity index (χ3v) is 6.29. The minimum absolute atomic E-state index is 0.00259. The van der Waals surface area contributed by atoms with Crippen molar-refractivity contribution in [3.05, 3.63) is 29.8 Å². The average Bonchev–Trinajstić information content (AvgIpc) is 2.54. The monoisotopic (exact) mass is 338 g/mol. The molecule has 0 spiro atoms. The number of carbonyl (C=O) groups excluding carboxylic acids is 1. The lowest BCUT2D eigenvalue weighted by Gasteiger charge is -2.38. The molecule has 1 amide bonds. The molecule has 5 nitrogen and oxygen atoms in total. The van der Waals surface area contributed by atoms with Gasteiger partial charge in [-0.05, 0) is 49.4 Å². The number of rotatable bonds is 4. The molecule has 0 bridgehead atoms. The first-order chi connectivity index (χ1) is 10.7. The Labute approximate surface area is 139 Å². The van der Waals surface area contributed by atoms with Crippen LogP contribution in [0.3, 0.4) is 0 Å². The van der Waals surface area contributed by atoms with Crippen molar-refractivity contribution in [2.75, 3.05) is 20.6 Å². The van der Waals surface area contributed by atoms with Gasteiger partial charge >= 0.3 is 0 Å². The standard InChI is InChI=1S/C17H26N2O3S/c1-13(2)16-7-5-6-12-19(16)17(20)14-8-10-15(11-9-14)23(21,22)18(3)4/h8-11,13,16H,5-7,12H2,1-4H3. The molecular weight excluding hydrogens is 312 g/mol. The van der Waals surface area contributed by atoms with Crippen molar-refractivity contribution in [1.82, 2.24) is 9.21 Å². The van der Waals surface area contributed by atoms with Gasteiger partial charge in [-0.25, -0.2) is 12.7 Å². The SMILES string of the molecule is CC(C)C1CCCCN1C(=O)c1ccc(S(=O)(=O)N(C)C)cc1. The van der Waals surface area contributed by atoms with Crippen molar-refractivity contribution < 1.29 is 13.2 Å². The van der Waals surface area contributed by atoms with Crippen LogP contribution in [-0.4, -0.2) is 50.2 Å². The Morgan fingerprint density at radius 1 is 1.17 bits per heavy atom. The molecule has 0 N–H and O–H groups in total. The summed E-state index contributed by atoms with van der Waals surface area (Å²) >= 11 is 0. The topological polar surface area (TPSA) is 57.7 Å². The van der Waals surface area contributed by atoms with Crippen molar-refractivity contribution in [3.63, 3.8) is 0 Å². The van der Waals surface area contributed by atoms with Crippen LogP contribution < -0.4 is 0 Å². The maximum Gasteiger partial charge on any atom is 0.254 e. The van der Waals surface area contributed by atoms with E-state index in [-0.39, 0.29) is 16.8 Å². The summed E-state index contributed by atoms with van der Waals surface area (Å²) in [6.45, 7) is 5.06. The summed E-state index contributed by atoms with van der Waals surface area (Å²) in [5, 5.41) is 0. The van der Waals surface area contributed by atoms with Gasteiger partial charge in [0, 0.05) is 32.2 Å². The third-order valence-electron chi connectivity index (χ3n) is 4.46. The van der Waals surface area contributed by atoms with E-state index in [9.17, 15) is 13.2 Å². The maximum atomic E-state index is 12.8. The smallest absolute Gasteiger partial charge is 0.254 e. The van der Waals surface area contributed by atoms with Crippen molar-refractivity contribution in [1.29, 1.82) is 0 Å². The quantitative estimate of drug-likeness (QED) is 0.848. The molecule has 1 aliphatic rings. The summed E-state index contributed by atoms with van der Waals surface area (Å²) in [6, 6.07) is 6.52. The normalized spacial score (nSPS) is 19.4. The first-order valence-electron chi connectivity index (χ1n) is 8.08. The minimum atomic E-state index is -3.46. The maximum absolute atomic E-state index is 12.8. The van der Waals surface area contributed by atoms with E-state index in [0.717, 1.165) is 25.8 Å². The fourth-order valence-electron chi connectivity index (χ4n) is 3.05. The molecule has 0 radical (unpaired) electrons. The van der Waals surface area contributed by atoms with Gasteiger partial charge in [-0.2, -0.15) is 0 Å². The first kappa shape index (κ1) is 17.9. The number of sulfonamides is 1. The summed E-state index contributed by atoms with van der Waals surface area (Å²) in [5.41, 5.74) is 0.551. The van der Waals surface area contributed by atoms with E-state index in [1.54, 1.807) is 12.1 Å². The summed E-state index contributed by atoms with van der Waals surface area (Å²) in [6.07, 6.45) is 3.23. The highest BCUT2D eigenvalue weighted by molar-refractivity contribution is 7.89. The van der Waals surface area contributed by atoms with Crippen LogP contribution in [0, 0.1) is 5.92 Å². The zero-order chi connectivity index (χ0) is 17.2. The van der Waals surface area contributed by atoms with E-state index in [1.165, 1.54) is 30.5 Å². The fourth-order valence-corrected chi connectivity index (χ4v) is 3.95. The summed E-state index contributed by atoms with van der Waals surface area (Å²) in [7, 11) is -0.469. The first-order valence-corrected chi connectivity index (χ1v) is 9.52. The van der Waals surface area contributed by atoms with Gasteiger partial charge in [0.15, 0.2) is 0 Å². The molecule has 0 saturated carbocycles. The van der Waals surface area contributed by atoms with E-state index in [1.807, 2.05) is 4.90 Å². The molecule has 0 aliphatic carbocycles. The van der Waals surface area contributed by atoms with Crippen molar-refractivity contribution >= 4 is 15.9 Å². The third kappa shape index (κ3) is 3.75. The average molecular weight is 338 g/mol. The predicted molar refractivity (Wildman–Crippen MR) is 90.8 cm³/mol. The Balaban J connectivity index is 2.23. The number of piperidine rings is 1. The number of hydrogen-bond donors (Lipinski definition) is 0. The van der Waals surface area contributed by atoms with Crippen LogP contribution in [0.4, 0.5) is 0 Å². The molecule has 6 heteroatoms. The molecule has 1 atom stereocenters. The van der Waals surface area contributed by atoms with E-state index in [4.69, 9.17) is 0 Å². The van der Waals surface area contributed by atoms with Crippen LogP contribution in [0.15, 0.2) is 29.2 Å². The van der Waals surface area contributed by atoms with E-state index in [0.29, 0.717) is 11.5 Å². The van der Waals surface area contributed by atoms with Gasteiger partial charge in [-0.15, -0.1) is 0 Å². The second-order valence-electron chi connectivity index (χ2n) is 6.62. The van der Waals surface area contributed by atoms with Gasteiger partial charge in [-0.1, -0.05) is 13.8 Å². The Hall–Kier alpha value is -1.40. The van der Waals surface area contributed by atoms with Crippen molar-refractivity contribution in [3.8, 4) is 0 Å². The Morgan fingerprint density at radius 2 is 1.78 bits per heavy atom. The van der Waals surface area contributed by atoms with Gasteiger partial charge in [0.1, 0.15) is 0 Å². The van der Waals surface area contributed by atoms with Crippen LogP contribution in [0.25, 0.3) is 0 Å². The number of benzene rings is 1. The second kappa shape index (κ2) is 7.01. The summed E-state index contributed by atoms with van der Waals surface area (Å²) in [4.78, 5) is 14.9. The Morgan fingerprint density at radius 3 is 2.30 bits per heavy atom. The number of carbonyl (C=O) groups is 1. The van der Waals surface area contributed by atoms with Crippen LogP contribution in [0.2, 0.25) is 0 Å². The molecule has 1 heterocycles. The molecule has 2 rings (SSSR count). The lowest BCUT2D eigenvalue weighted by Crippen LogP contribution is -2.46. The zero-order valence-electron chi connectivity index (χ0n) is 14.3. The largest absolute Gasteiger partial charge is 0.335 e. The summed E-state index contributed by atoms with van der Waals surface area (Å²) < 4.78 is 25.3. The molecular formula is C17H26N2O3S. The van der Waals surface area contributed by atoms with Crippen LogP contribution >= 0.6 is 0 Å². The van der Waals surface area contributed by atoms with Crippen molar-refractivity contribution in [2.24, 2.45) is 5.92 Å². The van der Waals surface area contributed by atoms with Crippen molar-refractivity contribution in [2.45, 2.75) is 44.0 Å². The van der Waals surface area contributed by atoms with Gasteiger partial charge in [0.2, 0.25) is 10.0 Å². The lowest BCUT2D eigenvalue weighted by molar-refractivity contribution is 0.0543. The zero-order valence-corrected chi connectivity index (χ0v) is 15.1. The fraction of sp³-hybridized carbons (Fsp3) is 0.588. The molecule has 1 aromatic rings. The van der Waals surface area contributed by atoms with Crippen LogP contribution in [-0.2, 0) is 10.0 Å². The highest BCUT2D eigenvalue weighted by Gasteiger charge is 2.29. The van der Waals surface area contributed by atoms with Gasteiger partial charge in [-0.3, -0.25) is 4.79 Å². The summed E-state index contributed by atoms with van der Waals surface area (Å²) in [5.74, 6) is 0.421. The Kier molecular flexibility index (Phi) is 5.47. The second-order valence-corrected chi connectivity index (χ2v) is 8.77. The number of nitrogens with zero attached hydrogens (tertiary/aromatic N) is 2. The van der Waals surface area contributed by atoms with Crippen LogP contribution in [0.1, 0.15) is 43.5 Å². The molecule has 1 unspecified atom stereocenters. The number of hydrogen-bond acceptors (Lipinski definition) is 3. The highest BCUT2D eigenvalue weighted by atomic mass is 32.2. The van der Waals surface area contributed by atoms with Gasteiger partial charge in [0.25, 0.3) is 5.91 Å². The van der Waals surface area contributed by atoms with E-state index >= 15 is 0 Å². The molecule has 0 aromatic heterocycles. The minimum Gasteiger partial charge on any atom is -0.335 e. The van der Waals surface area contributed by atoms with E-state index in [2.05, 4.69) is 13.8 Å². The molecule has 23 heavy (non-hydrogen) atoms. The van der Waals surface area contributed by atoms with Gasteiger partial charge in [0.05, 0.1) is 4.90 Å². The highest BCUT2D eigenvalue weighted by Crippen LogP contribution is 2.25. The molecule has 1 aliphatic heterocycles. The Bertz CT molecular complexity index is 651. The number of amides is 1. The van der Waals surface area contributed by atoms with Gasteiger partial charge < -0.3 is 4.90 Å². The number of likely N-dealkylation sites (tertiary alicyclic amines) is 1. The molecule has 1 saturated heterocycles.